The fraction of sp³-hybridized carbons (Fsp3) is 0.529. The van der Waals surface area contributed by atoms with Crippen LogP contribution in [0.3, 0.4) is 0 Å². The average molecular weight is 396 g/mol. The standard InChI is InChI=1S/C17H22ClN5O4/c1-5-7-22-11-13(18)20-16(19)21-14(11)23(17(22)25)15-12(26-9(4)24)8(3)10(6-2)27-15/h5,8,10,12,15H,1,6-7H2,2-4H3,(H2,19,20,21)/t8-,10-,12?,15-/m1/s1. The van der Waals surface area contributed by atoms with Crippen LogP contribution in [-0.4, -0.2) is 37.3 Å². The zero-order chi connectivity index (χ0) is 19.9. The van der Waals surface area contributed by atoms with Gasteiger partial charge in [0, 0.05) is 19.4 Å². The monoisotopic (exact) mass is 395 g/mol. The maximum absolute atomic E-state index is 13.2. The Kier molecular flexibility index (Phi) is 5.25. The summed E-state index contributed by atoms with van der Waals surface area (Å²) in [7, 11) is 0. The van der Waals surface area contributed by atoms with E-state index in [2.05, 4.69) is 16.5 Å². The van der Waals surface area contributed by atoms with Crippen LogP contribution in [0.2, 0.25) is 5.15 Å². The van der Waals surface area contributed by atoms with Crippen molar-refractivity contribution in [2.24, 2.45) is 5.92 Å². The minimum absolute atomic E-state index is 0.0531. The Morgan fingerprint density at radius 2 is 2.19 bits per heavy atom. The predicted octanol–water partition coefficient (Wildman–Crippen LogP) is 1.89. The Morgan fingerprint density at radius 3 is 2.78 bits per heavy atom. The number of imidazole rings is 1. The molecule has 146 valence electrons. The molecule has 10 heteroatoms. The molecule has 2 aromatic rings. The lowest BCUT2D eigenvalue weighted by atomic mass is 9.98. The number of carbonyl (C=O) groups is 1. The summed E-state index contributed by atoms with van der Waals surface area (Å²) in [5, 5.41) is 0.0531. The van der Waals surface area contributed by atoms with Crippen LogP contribution >= 0.6 is 11.6 Å². The first-order chi connectivity index (χ1) is 12.8. The van der Waals surface area contributed by atoms with Crippen LogP contribution in [0.4, 0.5) is 5.95 Å². The van der Waals surface area contributed by atoms with Gasteiger partial charge in [-0.15, -0.1) is 6.58 Å². The number of aromatic nitrogens is 4. The highest BCUT2D eigenvalue weighted by Gasteiger charge is 2.46. The van der Waals surface area contributed by atoms with Crippen LogP contribution in [0.1, 0.15) is 33.4 Å². The fourth-order valence-electron chi connectivity index (χ4n) is 3.56. The van der Waals surface area contributed by atoms with E-state index in [9.17, 15) is 9.59 Å². The number of allylic oxidation sites excluding steroid dienone is 1. The van der Waals surface area contributed by atoms with Crippen molar-refractivity contribution in [1.82, 2.24) is 19.1 Å². The molecule has 0 spiro atoms. The third-order valence-corrected chi connectivity index (χ3v) is 5.01. The highest BCUT2D eigenvalue weighted by atomic mass is 35.5. The Labute approximate surface area is 160 Å². The number of nitrogen functional groups attached to an aromatic ring is 1. The Hall–Kier alpha value is -2.39. The zero-order valence-corrected chi connectivity index (χ0v) is 16.1. The summed E-state index contributed by atoms with van der Waals surface area (Å²) in [5.41, 5.74) is 5.88. The number of esters is 1. The third-order valence-electron chi connectivity index (χ3n) is 4.75. The summed E-state index contributed by atoms with van der Waals surface area (Å²) < 4.78 is 14.3. The Morgan fingerprint density at radius 1 is 1.48 bits per heavy atom. The number of fused-ring (bicyclic) bond motifs is 1. The molecule has 1 fully saturated rings. The first-order valence-electron chi connectivity index (χ1n) is 8.67. The molecule has 1 saturated heterocycles. The summed E-state index contributed by atoms with van der Waals surface area (Å²) in [5.74, 6) is -0.630. The molecular weight excluding hydrogens is 374 g/mol. The average Bonchev–Trinajstić information content (AvgIpc) is 3.03. The maximum atomic E-state index is 13.2. The molecule has 0 bridgehead atoms. The van der Waals surface area contributed by atoms with Gasteiger partial charge < -0.3 is 15.2 Å². The van der Waals surface area contributed by atoms with Gasteiger partial charge in [0.1, 0.15) is 5.52 Å². The number of hydrogen-bond donors (Lipinski definition) is 1. The zero-order valence-electron chi connectivity index (χ0n) is 15.4. The molecule has 27 heavy (non-hydrogen) atoms. The number of ether oxygens (including phenoxy) is 2. The largest absolute Gasteiger partial charge is 0.457 e. The Balaban J connectivity index is 2.26. The molecule has 3 heterocycles. The van der Waals surface area contributed by atoms with E-state index in [1.165, 1.54) is 16.1 Å². The van der Waals surface area contributed by atoms with Crippen molar-refractivity contribution in [3.8, 4) is 0 Å². The third kappa shape index (κ3) is 3.21. The van der Waals surface area contributed by atoms with Gasteiger partial charge in [-0.1, -0.05) is 31.5 Å². The van der Waals surface area contributed by atoms with Crippen LogP contribution in [0.25, 0.3) is 11.2 Å². The number of nitrogens with zero attached hydrogens (tertiary/aromatic N) is 4. The van der Waals surface area contributed by atoms with E-state index >= 15 is 0 Å². The molecule has 9 nitrogen and oxygen atoms in total. The topological polar surface area (TPSA) is 114 Å². The number of anilines is 1. The van der Waals surface area contributed by atoms with Gasteiger partial charge in [0.15, 0.2) is 23.1 Å². The van der Waals surface area contributed by atoms with Gasteiger partial charge in [0.2, 0.25) is 5.95 Å². The molecule has 2 aromatic heterocycles. The number of nitrogens with two attached hydrogens (primary N) is 1. The van der Waals surface area contributed by atoms with Crippen molar-refractivity contribution in [2.75, 3.05) is 5.73 Å². The first-order valence-corrected chi connectivity index (χ1v) is 9.05. The molecule has 0 radical (unpaired) electrons. The smallest absolute Gasteiger partial charge is 0.333 e. The quantitative estimate of drug-likeness (QED) is 0.467. The van der Waals surface area contributed by atoms with Crippen LogP contribution < -0.4 is 11.4 Å². The van der Waals surface area contributed by atoms with E-state index in [1.807, 2.05) is 13.8 Å². The summed E-state index contributed by atoms with van der Waals surface area (Å²) >= 11 is 6.24. The Bertz CT molecular complexity index is 953. The minimum atomic E-state index is -0.847. The van der Waals surface area contributed by atoms with Crippen molar-refractivity contribution < 1.29 is 14.3 Å². The predicted molar refractivity (Wildman–Crippen MR) is 100 cm³/mol. The van der Waals surface area contributed by atoms with Crippen LogP contribution in [0, 0.1) is 5.92 Å². The van der Waals surface area contributed by atoms with E-state index < -0.39 is 24.0 Å². The molecule has 1 aliphatic rings. The maximum Gasteiger partial charge on any atom is 0.333 e. The molecule has 0 amide bonds. The van der Waals surface area contributed by atoms with Crippen molar-refractivity contribution >= 4 is 34.7 Å². The molecule has 0 saturated carbocycles. The summed E-state index contributed by atoms with van der Waals surface area (Å²) in [4.78, 5) is 32.9. The van der Waals surface area contributed by atoms with Gasteiger partial charge in [-0.2, -0.15) is 9.97 Å². The molecule has 1 unspecified atom stereocenters. The summed E-state index contributed by atoms with van der Waals surface area (Å²) in [6, 6.07) is 0. The minimum Gasteiger partial charge on any atom is -0.457 e. The molecule has 4 atom stereocenters. The second-order valence-corrected chi connectivity index (χ2v) is 6.86. The normalized spacial score (nSPS) is 25.0. The SMILES string of the molecule is C=CCn1c(=O)n([C@@H]2O[C@H](CC)[C@@H](C)C2OC(C)=O)c2nc(N)nc(Cl)c21. The van der Waals surface area contributed by atoms with E-state index in [0.717, 1.165) is 0 Å². The van der Waals surface area contributed by atoms with Crippen molar-refractivity contribution in [2.45, 2.75) is 52.2 Å². The van der Waals surface area contributed by atoms with Crippen LogP contribution in [0.15, 0.2) is 17.4 Å². The lowest BCUT2D eigenvalue weighted by molar-refractivity contribution is -0.153. The van der Waals surface area contributed by atoms with Gasteiger partial charge in [-0.25, -0.2) is 9.36 Å². The highest BCUT2D eigenvalue weighted by molar-refractivity contribution is 6.33. The summed E-state index contributed by atoms with van der Waals surface area (Å²) in [6.45, 7) is 9.09. The second-order valence-electron chi connectivity index (χ2n) is 6.50. The van der Waals surface area contributed by atoms with Crippen molar-refractivity contribution in [3.63, 3.8) is 0 Å². The van der Waals surface area contributed by atoms with Crippen LogP contribution in [0.5, 0.6) is 0 Å². The van der Waals surface area contributed by atoms with Crippen LogP contribution in [-0.2, 0) is 20.8 Å². The van der Waals surface area contributed by atoms with E-state index in [-0.39, 0.29) is 35.3 Å². The number of carbonyl (C=O) groups excluding carboxylic acids is 1. The number of hydrogen-bond acceptors (Lipinski definition) is 7. The molecule has 0 aliphatic carbocycles. The van der Waals surface area contributed by atoms with Gasteiger partial charge in [0.25, 0.3) is 0 Å². The van der Waals surface area contributed by atoms with Gasteiger partial charge >= 0.3 is 11.7 Å². The number of rotatable bonds is 5. The van der Waals surface area contributed by atoms with Crippen molar-refractivity contribution in [3.05, 3.63) is 28.3 Å². The second kappa shape index (κ2) is 7.32. The fourth-order valence-corrected chi connectivity index (χ4v) is 3.83. The first kappa shape index (κ1) is 19.4. The van der Waals surface area contributed by atoms with Gasteiger partial charge in [-0.3, -0.25) is 9.36 Å². The van der Waals surface area contributed by atoms with Gasteiger partial charge in [-0.05, 0) is 6.42 Å². The van der Waals surface area contributed by atoms with E-state index in [0.29, 0.717) is 11.9 Å². The summed E-state index contributed by atoms with van der Waals surface area (Å²) in [6.07, 6.45) is 0.587. The van der Waals surface area contributed by atoms with E-state index in [4.69, 9.17) is 26.8 Å². The van der Waals surface area contributed by atoms with Gasteiger partial charge in [0.05, 0.1) is 6.10 Å². The van der Waals surface area contributed by atoms with Crippen molar-refractivity contribution in [1.29, 1.82) is 0 Å². The molecule has 3 rings (SSSR count). The molecule has 0 aromatic carbocycles. The number of halogens is 1. The molecule has 1 aliphatic heterocycles. The van der Waals surface area contributed by atoms with E-state index in [1.54, 1.807) is 6.08 Å². The lowest BCUT2D eigenvalue weighted by Crippen LogP contribution is -2.35. The molecular formula is C17H22ClN5O4. The highest BCUT2D eigenvalue weighted by Crippen LogP contribution is 2.38. The molecule has 2 N–H and O–H groups in total. The lowest BCUT2D eigenvalue weighted by Gasteiger charge is -2.21.